The lowest BCUT2D eigenvalue weighted by atomic mass is 10.2. The summed E-state index contributed by atoms with van der Waals surface area (Å²) in [7, 11) is 0. The minimum Gasteiger partial charge on any atom is -0.437 e. The number of alkyl halides is 1. The Morgan fingerprint density at radius 1 is 1.32 bits per heavy atom. The van der Waals surface area contributed by atoms with Crippen LogP contribution in [0.3, 0.4) is 0 Å². The van der Waals surface area contributed by atoms with Crippen molar-refractivity contribution in [3.8, 4) is 11.6 Å². The second kappa shape index (κ2) is 5.23. The quantitative estimate of drug-likeness (QED) is 0.662. The summed E-state index contributed by atoms with van der Waals surface area (Å²) in [5.74, 6) is 1.75. The summed E-state index contributed by atoms with van der Waals surface area (Å²) in [6.07, 6.45) is 2.98. The normalized spacial score (nSPS) is 11.1. The average molecular weight is 293 g/mol. The number of rotatable bonds is 4. The van der Waals surface area contributed by atoms with Gasteiger partial charge in [-0.2, -0.15) is 4.98 Å². The maximum Gasteiger partial charge on any atom is 0.243 e. The molecule has 0 unspecified atom stereocenters. The molecule has 0 atom stereocenters. The summed E-state index contributed by atoms with van der Waals surface area (Å²) in [4.78, 5) is 5.36. The maximum absolute atomic E-state index is 5.99. The van der Waals surface area contributed by atoms with Gasteiger partial charge >= 0.3 is 0 Å². The summed E-state index contributed by atoms with van der Waals surface area (Å²) >= 11 is 7.55. The van der Waals surface area contributed by atoms with Crippen molar-refractivity contribution in [2.45, 2.75) is 19.2 Å². The Bertz CT molecular complexity index is 687. The summed E-state index contributed by atoms with van der Waals surface area (Å²) in [5, 5.41) is 1.98. The molecular formula is C14H13ClN2OS. The molecule has 0 N–H and O–H groups in total. The van der Waals surface area contributed by atoms with E-state index in [2.05, 4.69) is 24.0 Å². The molecule has 2 aromatic heterocycles. The fourth-order valence-corrected chi connectivity index (χ4v) is 2.89. The van der Waals surface area contributed by atoms with Crippen LogP contribution in [0, 0.1) is 0 Å². The lowest BCUT2D eigenvalue weighted by molar-refractivity contribution is 0.461. The number of fused-ring (bicyclic) bond motifs is 1. The van der Waals surface area contributed by atoms with Crippen molar-refractivity contribution in [3.63, 3.8) is 0 Å². The van der Waals surface area contributed by atoms with Crippen molar-refractivity contribution in [1.29, 1.82) is 0 Å². The average Bonchev–Trinajstić information content (AvgIpc) is 3.00. The van der Waals surface area contributed by atoms with Gasteiger partial charge < -0.3 is 4.74 Å². The van der Waals surface area contributed by atoms with Gasteiger partial charge in [0.25, 0.3) is 0 Å². The molecule has 3 aromatic rings. The highest BCUT2D eigenvalue weighted by atomic mass is 35.5. The van der Waals surface area contributed by atoms with Crippen LogP contribution in [-0.4, -0.2) is 9.38 Å². The zero-order valence-corrected chi connectivity index (χ0v) is 12.0. The second-order valence-corrected chi connectivity index (χ2v) is 5.29. The molecule has 0 aliphatic carbocycles. The van der Waals surface area contributed by atoms with E-state index in [0.29, 0.717) is 11.8 Å². The Morgan fingerprint density at radius 2 is 2.11 bits per heavy atom. The van der Waals surface area contributed by atoms with Crippen LogP contribution in [0.5, 0.6) is 11.6 Å². The van der Waals surface area contributed by atoms with Crippen molar-refractivity contribution in [2.75, 3.05) is 0 Å². The zero-order valence-electron chi connectivity index (χ0n) is 10.5. The van der Waals surface area contributed by atoms with Crippen molar-refractivity contribution >= 4 is 27.9 Å². The van der Waals surface area contributed by atoms with Crippen LogP contribution in [0.15, 0.2) is 35.8 Å². The molecule has 3 rings (SSSR count). The van der Waals surface area contributed by atoms with Gasteiger partial charge in [-0.05, 0) is 24.1 Å². The van der Waals surface area contributed by atoms with Crippen molar-refractivity contribution < 1.29 is 4.74 Å². The third kappa shape index (κ3) is 2.33. The highest BCUT2D eigenvalue weighted by Gasteiger charge is 2.14. The van der Waals surface area contributed by atoms with Gasteiger partial charge in [0.15, 0.2) is 4.96 Å². The number of ether oxygens (including phenoxy) is 1. The van der Waals surface area contributed by atoms with E-state index in [-0.39, 0.29) is 0 Å². The van der Waals surface area contributed by atoms with Gasteiger partial charge in [0.2, 0.25) is 5.88 Å². The van der Waals surface area contributed by atoms with E-state index in [0.717, 1.165) is 22.8 Å². The fourth-order valence-electron chi connectivity index (χ4n) is 1.92. The number of halogens is 1. The SMILES string of the molecule is CCc1ccc(Oc2nc3sccn3c2CCl)cc1. The molecule has 0 aliphatic heterocycles. The number of aryl methyl sites for hydroxylation is 1. The van der Waals surface area contributed by atoms with Gasteiger partial charge in [-0.25, -0.2) is 0 Å². The van der Waals surface area contributed by atoms with Gasteiger partial charge in [0.1, 0.15) is 11.4 Å². The molecule has 2 heterocycles. The summed E-state index contributed by atoms with van der Waals surface area (Å²) in [5.41, 5.74) is 2.17. The Labute approximate surface area is 120 Å². The first-order valence-electron chi connectivity index (χ1n) is 6.09. The van der Waals surface area contributed by atoms with Gasteiger partial charge in [0.05, 0.1) is 5.88 Å². The van der Waals surface area contributed by atoms with Crippen LogP contribution in [-0.2, 0) is 12.3 Å². The largest absolute Gasteiger partial charge is 0.437 e. The van der Waals surface area contributed by atoms with Gasteiger partial charge in [-0.3, -0.25) is 4.40 Å². The molecule has 98 valence electrons. The topological polar surface area (TPSA) is 26.5 Å². The van der Waals surface area contributed by atoms with Crippen LogP contribution in [0.2, 0.25) is 0 Å². The van der Waals surface area contributed by atoms with E-state index in [4.69, 9.17) is 16.3 Å². The van der Waals surface area contributed by atoms with Crippen molar-refractivity contribution in [2.24, 2.45) is 0 Å². The maximum atomic E-state index is 5.99. The molecule has 3 nitrogen and oxygen atoms in total. The summed E-state index contributed by atoms with van der Waals surface area (Å²) < 4.78 is 7.80. The summed E-state index contributed by atoms with van der Waals surface area (Å²) in [6, 6.07) is 8.05. The lowest BCUT2D eigenvalue weighted by Gasteiger charge is -2.05. The minimum atomic E-state index is 0.375. The van der Waals surface area contributed by atoms with Crippen LogP contribution in [0.25, 0.3) is 4.96 Å². The molecule has 0 radical (unpaired) electrons. The van der Waals surface area contributed by atoms with Gasteiger partial charge in [0, 0.05) is 11.6 Å². The van der Waals surface area contributed by atoms with Crippen molar-refractivity contribution in [3.05, 3.63) is 47.1 Å². The first-order chi connectivity index (χ1) is 9.31. The fraction of sp³-hybridized carbons (Fsp3) is 0.214. The van der Waals surface area contributed by atoms with Crippen LogP contribution >= 0.6 is 22.9 Å². The minimum absolute atomic E-state index is 0.375. The number of thiazole rings is 1. The number of benzene rings is 1. The monoisotopic (exact) mass is 292 g/mol. The first kappa shape index (κ1) is 12.5. The summed E-state index contributed by atoms with van der Waals surface area (Å²) in [6.45, 7) is 2.13. The molecule has 0 saturated carbocycles. The number of hydrogen-bond donors (Lipinski definition) is 0. The molecule has 0 saturated heterocycles. The molecular weight excluding hydrogens is 280 g/mol. The molecule has 0 amide bonds. The van der Waals surface area contributed by atoms with E-state index in [1.807, 2.05) is 28.1 Å². The van der Waals surface area contributed by atoms with E-state index < -0.39 is 0 Å². The van der Waals surface area contributed by atoms with Crippen LogP contribution in [0.4, 0.5) is 0 Å². The molecule has 0 fully saturated rings. The van der Waals surface area contributed by atoms with E-state index in [1.165, 1.54) is 5.56 Å². The Hall–Kier alpha value is -1.52. The Kier molecular flexibility index (Phi) is 3.44. The standard InChI is InChI=1S/C14H13ClN2OS/c1-2-10-3-5-11(6-4-10)18-13-12(9-15)17-7-8-19-14(17)16-13/h3-8H,2,9H2,1H3. The van der Waals surface area contributed by atoms with Crippen molar-refractivity contribution in [1.82, 2.24) is 9.38 Å². The molecule has 19 heavy (non-hydrogen) atoms. The van der Waals surface area contributed by atoms with E-state index in [1.54, 1.807) is 11.3 Å². The smallest absolute Gasteiger partial charge is 0.243 e. The molecule has 0 bridgehead atoms. The predicted molar refractivity (Wildman–Crippen MR) is 78.5 cm³/mol. The van der Waals surface area contributed by atoms with Gasteiger partial charge in [-0.15, -0.1) is 22.9 Å². The number of aromatic nitrogens is 2. The number of imidazole rings is 1. The first-order valence-corrected chi connectivity index (χ1v) is 7.50. The van der Waals surface area contributed by atoms with Crippen LogP contribution in [0.1, 0.15) is 18.2 Å². The molecule has 5 heteroatoms. The van der Waals surface area contributed by atoms with Crippen LogP contribution < -0.4 is 4.74 Å². The molecule has 0 spiro atoms. The second-order valence-electron chi connectivity index (χ2n) is 4.15. The number of hydrogen-bond acceptors (Lipinski definition) is 3. The zero-order chi connectivity index (χ0) is 13.2. The highest BCUT2D eigenvalue weighted by Crippen LogP contribution is 2.29. The Balaban J connectivity index is 1.93. The molecule has 0 aliphatic rings. The molecule has 1 aromatic carbocycles. The number of nitrogens with zero attached hydrogens (tertiary/aromatic N) is 2. The third-order valence-electron chi connectivity index (χ3n) is 3.00. The van der Waals surface area contributed by atoms with Gasteiger partial charge in [-0.1, -0.05) is 19.1 Å². The predicted octanol–water partition coefficient (Wildman–Crippen LogP) is 4.49. The Morgan fingerprint density at radius 3 is 2.79 bits per heavy atom. The third-order valence-corrected chi connectivity index (χ3v) is 4.01. The highest BCUT2D eigenvalue weighted by molar-refractivity contribution is 7.15. The lowest BCUT2D eigenvalue weighted by Crippen LogP contribution is -1.91. The van der Waals surface area contributed by atoms with E-state index in [9.17, 15) is 0 Å². The van der Waals surface area contributed by atoms with E-state index >= 15 is 0 Å².